The molecule has 0 spiro atoms. The Kier molecular flexibility index (Phi) is 11.7. The van der Waals surface area contributed by atoms with Crippen LogP contribution in [0, 0.1) is 0 Å². The van der Waals surface area contributed by atoms with Gasteiger partial charge in [-0.3, -0.25) is 0 Å². The zero-order valence-corrected chi connectivity index (χ0v) is 37.7. The summed E-state index contributed by atoms with van der Waals surface area (Å²) in [6.45, 7) is 11.1. The Labute approximate surface area is 378 Å². The summed E-state index contributed by atoms with van der Waals surface area (Å²) < 4.78 is 2.46. The predicted octanol–water partition coefficient (Wildman–Crippen LogP) is 14.8. The summed E-state index contributed by atoms with van der Waals surface area (Å²) in [4.78, 5) is 5.04. The number of para-hydroxylation sites is 2. The van der Waals surface area contributed by atoms with E-state index in [2.05, 4.69) is 212 Å². The van der Waals surface area contributed by atoms with Crippen molar-refractivity contribution >= 4 is 51.7 Å². The minimum Gasteiger partial charge on any atom is -0.344 e. The Balaban J connectivity index is 1.19. The van der Waals surface area contributed by atoms with Crippen LogP contribution >= 0.6 is 23.2 Å². The molecule has 0 radical (unpaired) electrons. The molecule has 310 valence electrons. The zero-order valence-electron chi connectivity index (χ0n) is 36.2. The van der Waals surface area contributed by atoms with Gasteiger partial charge in [0.2, 0.25) is 17.1 Å². The number of hydrogen-bond acceptors (Lipinski definition) is 2. The van der Waals surface area contributed by atoms with E-state index in [1.807, 2.05) is 12.1 Å². The van der Waals surface area contributed by atoms with Gasteiger partial charge in [-0.05, 0) is 96.5 Å². The summed E-state index contributed by atoms with van der Waals surface area (Å²) in [6, 6.07) is 56.0. The molecule has 0 unspecified atom stereocenters. The van der Waals surface area contributed by atoms with E-state index in [9.17, 15) is 0 Å². The fourth-order valence-corrected chi connectivity index (χ4v) is 10.1. The van der Waals surface area contributed by atoms with E-state index >= 15 is 0 Å². The molecule has 3 aliphatic rings. The van der Waals surface area contributed by atoms with Gasteiger partial charge in [0.1, 0.15) is 0 Å². The standard InChI is InChI=1S/C57H54Cl2N3/c1-56(2)49-39-45(58)29-31-51(49)60(37-35-41-17-9-5-10-18-41)53(56)33-27-43-25-26-44(55(43)62(47-21-13-7-14-22-47)48-23-15-8-16-24-48)28-34-54-57(3,4)50-40-46(59)30-32-52(50)61(54)38-36-42-19-11-6-12-20-42/h5-24,27-34,39-40H,25-26,35-38H2,1-4H3/q+1. The van der Waals surface area contributed by atoms with Gasteiger partial charge in [-0.2, -0.15) is 4.58 Å². The van der Waals surface area contributed by atoms with Gasteiger partial charge in [0.25, 0.3) is 0 Å². The summed E-state index contributed by atoms with van der Waals surface area (Å²) in [5.41, 5.74) is 15.8. The van der Waals surface area contributed by atoms with Gasteiger partial charge in [-0.25, -0.2) is 0 Å². The lowest BCUT2D eigenvalue weighted by Crippen LogP contribution is -2.28. The molecular weight excluding hydrogens is 798 g/mol. The fraction of sp³-hybridized carbons (Fsp3) is 0.211. The molecule has 0 aromatic heterocycles. The molecular formula is C57H54Cl2N3+. The summed E-state index contributed by atoms with van der Waals surface area (Å²) in [7, 11) is 0. The molecule has 0 saturated heterocycles. The highest BCUT2D eigenvalue weighted by Crippen LogP contribution is 2.50. The second kappa shape index (κ2) is 17.5. The molecule has 9 rings (SSSR count). The molecule has 1 saturated carbocycles. The van der Waals surface area contributed by atoms with Crippen molar-refractivity contribution in [1.82, 2.24) is 4.58 Å². The quantitative estimate of drug-likeness (QED) is 0.127. The number of allylic oxidation sites excluding steroid dienone is 8. The van der Waals surface area contributed by atoms with E-state index in [0.29, 0.717) is 0 Å². The highest BCUT2D eigenvalue weighted by Gasteiger charge is 2.42. The summed E-state index contributed by atoms with van der Waals surface area (Å²) in [6.07, 6.45) is 13.3. The van der Waals surface area contributed by atoms with Crippen molar-refractivity contribution in [1.29, 1.82) is 0 Å². The molecule has 0 N–H and O–H groups in total. The van der Waals surface area contributed by atoms with E-state index < -0.39 is 0 Å². The highest BCUT2D eigenvalue weighted by molar-refractivity contribution is 6.31. The van der Waals surface area contributed by atoms with Gasteiger partial charge in [0.05, 0.1) is 0 Å². The second-order valence-electron chi connectivity index (χ2n) is 17.7. The molecule has 3 nitrogen and oxygen atoms in total. The van der Waals surface area contributed by atoms with Crippen LogP contribution in [0.25, 0.3) is 0 Å². The van der Waals surface area contributed by atoms with E-state index in [1.165, 1.54) is 61.9 Å². The van der Waals surface area contributed by atoms with Crippen LogP contribution in [0.5, 0.6) is 0 Å². The average Bonchev–Trinajstić information content (AvgIpc) is 3.85. The van der Waals surface area contributed by atoms with Crippen molar-refractivity contribution in [3.05, 3.63) is 237 Å². The molecule has 0 bridgehead atoms. The molecule has 0 atom stereocenters. The number of anilines is 2. The van der Waals surface area contributed by atoms with Crippen LogP contribution in [-0.4, -0.2) is 18.8 Å². The monoisotopic (exact) mass is 850 g/mol. The Bertz CT molecular complexity index is 2550. The van der Waals surface area contributed by atoms with Crippen molar-refractivity contribution < 1.29 is 0 Å². The van der Waals surface area contributed by atoms with Crippen molar-refractivity contribution in [2.24, 2.45) is 0 Å². The largest absolute Gasteiger partial charge is 0.344 e. The number of hydrogen-bond donors (Lipinski definition) is 0. The Morgan fingerprint density at radius 2 is 0.855 bits per heavy atom. The first-order chi connectivity index (χ1) is 30.1. The molecule has 6 aromatic carbocycles. The Hall–Kier alpha value is -5.87. The first-order valence-electron chi connectivity index (χ1n) is 21.9. The number of rotatable bonds is 10. The minimum absolute atomic E-state index is 0.246. The van der Waals surface area contributed by atoms with Crippen LogP contribution in [0.4, 0.5) is 22.7 Å². The summed E-state index contributed by atoms with van der Waals surface area (Å²) in [5, 5.41) is 1.54. The van der Waals surface area contributed by atoms with E-state index in [0.717, 1.165) is 60.2 Å². The molecule has 2 aliphatic heterocycles. The lowest BCUT2D eigenvalue weighted by molar-refractivity contribution is 0.630. The smallest absolute Gasteiger partial charge is 0.218 e. The second-order valence-corrected chi connectivity index (χ2v) is 18.6. The third kappa shape index (κ3) is 8.13. The topological polar surface area (TPSA) is 9.49 Å². The maximum atomic E-state index is 6.69. The number of fused-ring (bicyclic) bond motifs is 2. The minimum atomic E-state index is -0.246. The van der Waals surface area contributed by atoms with Crippen molar-refractivity contribution in [2.45, 2.75) is 64.2 Å². The van der Waals surface area contributed by atoms with E-state index in [1.54, 1.807) is 0 Å². The maximum Gasteiger partial charge on any atom is 0.218 e. The average molecular weight is 852 g/mol. The number of nitrogens with zero attached hydrogens (tertiary/aromatic N) is 3. The van der Waals surface area contributed by atoms with Crippen molar-refractivity contribution in [3.8, 4) is 0 Å². The third-order valence-corrected chi connectivity index (χ3v) is 13.5. The first kappa shape index (κ1) is 41.5. The molecule has 62 heavy (non-hydrogen) atoms. The number of benzene rings is 6. The Morgan fingerprint density at radius 3 is 1.24 bits per heavy atom. The van der Waals surface area contributed by atoms with Gasteiger partial charge in [0.15, 0.2) is 0 Å². The van der Waals surface area contributed by atoms with E-state index in [4.69, 9.17) is 23.2 Å². The molecule has 6 aromatic rings. The maximum absolute atomic E-state index is 6.69. The molecule has 5 heteroatoms. The van der Waals surface area contributed by atoms with Crippen LogP contribution in [0.3, 0.4) is 0 Å². The van der Waals surface area contributed by atoms with Crippen LogP contribution in [0.1, 0.15) is 62.8 Å². The zero-order chi connectivity index (χ0) is 42.8. The first-order valence-corrected chi connectivity index (χ1v) is 22.7. The molecule has 1 aliphatic carbocycles. The Morgan fingerprint density at radius 1 is 0.484 bits per heavy atom. The van der Waals surface area contributed by atoms with Crippen LogP contribution < -0.4 is 14.4 Å². The van der Waals surface area contributed by atoms with Gasteiger partial charge in [-0.1, -0.05) is 160 Å². The van der Waals surface area contributed by atoms with Gasteiger partial charge in [-0.15, -0.1) is 0 Å². The lowest BCUT2D eigenvalue weighted by atomic mass is 9.83. The summed E-state index contributed by atoms with van der Waals surface area (Å²) >= 11 is 13.4. The third-order valence-electron chi connectivity index (χ3n) is 13.1. The van der Waals surface area contributed by atoms with Crippen molar-refractivity contribution in [2.75, 3.05) is 22.9 Å². The summed E-state index contributed by atoms with van der Waals surface area (Å²) in [5.74, 6) is 0. The number of halogens is 2. The molecule has 2 heterocycles. The molecule has 0 amide bonds. The fourth-order valence-electron chi connectivity index (χ4n) is 9.79. The lowest BCUT2D eigenvalue weighted by Gasteiger charge is -2.27. The SMILES string of the molecule is CC1(C)C(=CC=C2CC/C(=C\C=C3\N(CCc4ccccc4)c4ccc(Cl)cc4C3(C)C)C2=[N+](c2ccccc2)c2ccccc2)N(CCc2ccccc2)c2ccc(Cl)cc21. The molecule has 1 fully saturated rings. The highest BCUT2D eigenvalue weighted by atomic mass is 35.5. The van der Waals surface area contributed by atoms with Crippen molar-refractivity contribution in [3.63, 3.8) is 0 Å². The van der Waals surface area contributed by atoms with Crippen LogP contribution in [0.15, 0.2) is 205 Å². The normalized spacial score (nSPS) is 18.9. The van der Waals surface area contributed by atoms with Gasteiger partial charge < -0.3 is 9.80 Å². The van der Waals surface area contributed by atoms with Crippen LogP contribution in [-0.2, 0) is 23.7 Å². The van der Waals surface area contributed by atoms with Crippen LogP contribution in [0.2, 0.25) is 10.0 Å². The predicted molar refractivity (Wildman–Crippen MR) is 265 cm³/mol. The van der Waals surface area contributed by atoms with Gasteiger partial charge >= 0.3 is 0 Å². The van der Waals surface area contributed by atoms with Gasteiger partial charge in [0, 0.05) is 92.1 Å². The van der Waals surface area contributed by atoms with E-state index in [-0.39, 0.29) is 10.8 Å².